The van der Waals surface area contributed by atoms with Crippen molar-refractivity contribution in [2.45, 2.75) is 6.92 Å². The van der Waals surface area contributed by atoms with Crippen LogP contribution < -0.4 is 0 Å². The zero-order valence-electron chi connectivity index (χ0n) is 9.50. The van der Waals surface area contributed by atoms with Crippen molar-refractivity contribution in [3.8, 4) is 0 Å². The molecule has 0 spiro atoms. The zero-order chi connectivity index (χ0) is 12.7. The second kappa shape index (κ2) is 4.33. The Balaban J connectivity index is 1.90. The number of nitrogens with zero attached hydrogens (tertiary/aromatic N) is 4. The van der Waals surface area contributed by atoms with E-state index in [4.69, 9.17) is 0 Å². The van der Waals surface area contributed by atoms with Crippen LogP contribution in [0.3, 0.4) is 0 Å². The summed E-state index contributed by atoms with van der Waals surface area (Å²) in [4.78, 5) is 18.2. The summed E-state index contributed by atoms with van der Waals surface area (Å²) >= 11 is 4.81. The minimum atomic E-state index is 0.0398. The summed E-state index contributed by atoms with van der Waals surface area (Å²) in [6.45, 7) is 2.14. The number of hydrogen-bond acceptors (Lipinski definition) is 4. The van der Waals surface area contributed by atoms with E-state index in [0.29, 0.717) is 6.54 Å². The molecule has 5 nitrogen and oxygen atoms in total. The highest BCUT2D eigenvalue weighted by Crippen LogP contribution is 2.24. The van der Waals surface area contributed by atoms with Gasteiger partial charge in [-0.1, -0.05) is 17.4 Å². The molecule has 92 valence electrons. The summed E-state index contributed by atoms with van der Waals surface area (Å²) in [5.41, 5.74) is 1.89. The maximum Gasteiger partial charge on any atom is 0.223 e. The number of aromatic nitrogens is 3. The lowest BCUT2D eigenvalue weighted by atomic mass is 10.1. The molecule has 1 aliphatic heterocycles. The van der Waals surface area contributed by atoms with Crippen molar-refractivity contribution in [3.63, 3.8) is 0 Å². The smallest absolute Gasteiger partial charge is 0.223 e. The van der Waals surface area contributed by atoms with Crippen molar-refractivity contribution in [1.82, 2.24) is 19.5 Å². The van der Waals surface area contributed by atoms with E-state index < -0.39 is 0 Å². The van der Waals surface area contributed by atoms with Crippen molar-refractivity contribution >= 4 is 43.7 Å². The van der Waals surface area contributed by atoms with Crippen molar-refractivity contribution in [1.29, 1.82) is 0 Å². The molecular weight excluding hydrogens is 316 g/mol. The van der Waals surface area contributed by atoms with Gasteiger partial charge in [-0.3, -0.25) is 4.79 Å². The number of allylic oxidation sites excluding steroid dienone is 2. The number of amides is 1. The molecule has 0 radical (unpaired) electrons. The maximum atomic E-state index is 11.2. The van der Waals surface area contributed by atoms with Crippen LogP contribution in [0.15, 0.2) is 28.5 Å². The number of fused-ring (bicyclic) bond motifs is 1. The van der Waals surface area contributed by atoms with Crippen molar-refractivity contribution in [2.75, 3.05) is 6.54 Å². The van der Waals surface area contributed by atoms with Gasteiger partial charge in [-0.05, 0) is 22.0 Å². The molecule has 1 aliphatic rings. The van der Waals surface area contributed by atoms with Gasteiger partial charge in [-0.25, -0.2) is 9.50 Å². The number of carbonyl (C=O) groups excluding carboxylic acids is 1. The van der Waals surface area contributed by atoms with Gasteiger partial charge < -0.3 is 4.90 Å². The summed E-state index contributed by atoms with van der Waals surface area (Å²) in [6, 6.07) is 0. The second-order valence-corrected chi connectivity index (χ2v) is 6.09. The highest BCUT2D eigenvalue weighted by Gasteiger charge is 2.13. The fourth-order valence-corrected chi connectivity index (χ4v) is 2.95. The SMILES string of the molecule is CC(=O)N1C=CC(c2cn3nc(Br)sc3n2)=CC1. The lowest BCUT2D eigenvalue weighted by Gasteiger charge is -2.18. The third-order valence-electron chi connectivity index (χ3n) is 2.66. The van der Waals surface area contributed by atoms with E-state index in [-0.39, 0.29) is 5.91 Å². The van der Waals surface area contributed by atoms with Crippen LogP contribution in [0.1, 0.15) is 12.6 Å². The van der Waals surface area contributed by atoms with Crippen LogP contribution in [0, 0.1) is 0 Å². The topological polar surface area (TPSA) is 50.5 Å². The molecular formula is C11H9BrN4OS. The van der Waals surface area contributed by atoms with Gasteiger partial charge in [0.15, 0.2) is 3.92 Å². The highest BCUT2D eigenvalue weighted by atomic mass is 79.9. The van der Waals surface area contributed by atoms with Gasteiger partial charge in [0, 0.05) is 25.2 Å². The first-order valence-electron chi connectivity index (χ1n) is 5.31. The van der Waals surface area contributed by atoms with Crippen molar-refractivity contribution in [3.05, 3.63) is 34.2 Å². The van der Waals surface area contributed by atoms with Gasteiger partial charge >= 0.3 is 0 Å². The molecule has 3 heterocycles. The Morgan fingerprint density at radius 3 is 3.00 bits per heavy atom. The fourth-order valence-electron chi connectivity index (χ4n) is 1.73. The Morgan fingerprint density at radius 2 is 2.39 bits per heavy atom. The quantitative estimate of drug-likeness (QED) is 0.808. The lowest BCUT2D eigenvalue weighted by molar-refractivity contribution is -0.125. The lowest BCUT2D eigenvalue weighted by Crippen LogP contribution is -2.24. The van der Waals surface area contributed by atoms with Crippen LogP contribution in [-0.2, 0) is 4.79 Å². The molecule has 0 aliphatic carbocycles. The summed E-state index contributed by atoms with van der Waals surface area (Å²) < 4.78 is 2.56. The first-order chi connectivity index (χ1) is 8.63. The van der Waals surface area contributed by atoms with Gasteiger partial charge in [0.2, 0.25) is 10.9 Å². The molecule has 0 unspecified atom stereocenters. The molecule has 0 saturated heterocycles. The molecule has 0 atom stereocenters. The first-order valence-corrected chi connectivity index (χ1v) is 6.92. The van der Waals surface area contributed by atoms with Gasteiger partial charge in [0.1, 0.15) is 0 Å². The van der Waals surface area contributed by atoms with E-state index in [9.17, 15) is 4.79 Å². The Hall–Kier alpha value is -1.47. The summed E-state index contributed by atoms with van der Waals surface area (Å²) in [6.07, 6.45) is 7.56. The number of halogens is 1. The molecule has 7 heteroatoms. The number of imidazole rings is 1. The molecule has 18 heavy (non-hydrogen) atoms. The highest BCUT2D eigenvalue weighted by molar-refractivity contribution is 9.11. The second-order valence-electron chi connectivity index (χ2n) is 3.85. The predicted molar refractivity (Wildman–Crippen MR) is 73.1 cm³/mol. The average Bonchev–Trinajstić information content (AvgIpc) is 2.86. The van der Waals surface area contributed by atoms with E-state index in [1.165, 1.54) is 11.3 Å². The number of rotatable bonds is 1. The molecule has 0 fully saturated rings. The van der Waals surface area contributed by atoms with Crippen LogP contribution in [0.2, 0.25) is 0 Å². The largest absolute Gasteiger partial charge is 0.315 e. The molecule has 2 aromatic heterocycles. The minimum absolute atomic E-state index is 0.0398. The predicted octanol–water partition coefficient (Wildman–Crippen LogP) is 2.31. The number of carbonyl (C=O) groups is 1. The number of hydrogen-bond donors (Lipinski definition) is 0. The van der Waals surface area contributed by atoms with Gasteiger partial charge in [-0.15, -0.1) is 5.10 Å². The van der Waals surface area contributed by atoms with E-state index in [0.717, 1.165) is 20.1 Å². The Morgan fingerprint density at radius 1 is 1.56 bits per heavy atom. The zero-order valence-corrected chi connectivity index (χ0v) is 11.9. The first kappa shape index (κ1) is 11.6. The van der Waals surface area contributed by atoms with Gasteiger partial charge in [0.25, 0.3) is 0 Å². The normalized spacial score (nSPS) is 15.2. The van der Waals surface area contributed by atoms with Crippen LogP contribution >= 0.6 is 27.3 Å². The third kappa shape index (κ3) is 1.99. The van der Waals surface area contributed by atoms with Crippen molar-refractivity contribution in [2.24, 2.45) is 0 Å². The van der Waals surface area contributed by atoms with Crippen LogP contribution in [0.5, 0.6) is 0 Å². The standard InChI is InChI=1S/C11H9BrN4OS/c1-7(17)15-4-2-8(3-5-15)9-6-16-11(13-9)18-10(12)14-16/h2-4,6H,5H2,1H3. The Kier molecular flexibility index (Phi) is 2.79. The fraction of sp³-hybridized carbons (Fsp3) is 0.182. The Labute approximate surface area is 116 Å². The molecule has 0 saturated carbocycles. The summed E-state index contributed by atoms with van der Waals surface area (Å²) in [7, 11) is 0. The van der Waals surface area contributed by atoms with Crippen LogP contribution in [0.4, 0.5) is 0 Å². The minimum Gasteiger partial charge on any atom is -0.315 e. The van der Waals surface area contributed by atoms with Crippen LogP contribution in [0.25, 0.3) is 10.5 Å². The van der Waals surface area contributed by atoms with Crippen molar-refractivity contribution < 1.29 is 4.79 Å². The van der Waals surface area contributed by atoms with E-state index in [1.807, 2.05) is 18.3 Å². The maximum absolute atomic E-state index is 11.2. The molecule has 0 aromatic carbocycles. The average molecular weight is 325 g/mol. The summed E-state index contributed by atoms with van der Waals surface area (Å²) in [5, 5.41) is 4.25. The third-order valence-corrected chi connectivity index (χ3v) is 4.02. The van der Waals surface area contributed by atoms with Crippen LogP contribution in [-0.4, -0.2) is 31.9 Å². The molecule has 1 amide bonds. The van der Waals surface area contributed by atoms with Gasteiger partial charge in [0.05, 0.1) is 11.9 Å². The molecule has 3 rings (SSSR count). The monoisotopic (exact) mass is 324 g/mol. The molecule has 0 N–H and O–H groups in total. The molecule has 0 bridgehead atoms. The van der Waals surface area contributed by atoms with E-state index in [2.05, 4.69) is 26.0 Å². The van der Waals surface area contributed by atoms with Gasteiger partial charge in [-0.2, -0.15) is 0 Å². The van der Waals surface area contributed by atoms with E-state index in [1.54, 1.807) is 22.5 Å². The van der Waals surface area contributed by atoms with E-state index >= 15 is 0 Å². The summed E-state index contributed by atoms with van der Waals surface area (Å²) in [5.74, 6) is 0.0398. The molecule has 2 aromatic rings. The Bertz CT molecular complexity index is 653.